The second-order valence-electron chi connectivity index (χ2n) is 8.82. The summed E-state index contributed by atoms with van der Waals surface area (Å²) >= 11 is -8.13. The quantitative estimate of drug-likeness (QED) is 0.254. The first-order valence-electron chi connectivity index (χ1n) is 11.3. The zero-order valence-corrected chi connectivity index (χ0v) is 23.7. The van der Waals surface area contributed by atoms with Crippen molar-refractivity contribution in [3.05, 3.63) is 42.5 Å². The van der Waals surface area contributed by atoms with Crippen molar-refractivity contribution >= 4 is 5.43 Å². The van der Waals surface area contributed by atoms with Crippen molar-refractivity contribution in [3.63, 3.8) is 0 Å². The van der Waals surface area contributed by atoms with E-state index >= 15 is 7.88 Å². The SMILES string of the molecule is CCCCCCCCC1=CC[C]([Zr+2]([F])([F])([F])([C]2=CC=CC2)=[Si](C)CCCC)=C1.[Cl-].[Cl-]. The van der Waals surface area contributed by atoms with Crippen LogP contribution < -0.4 is 24.8 Å². The summed E-state index contributed by atoms with van der Waals surface area (Å²) in [5.74, 6) is 0. The first-order valence-corrected chi connectivity index (χ1v) is 22.4. The van der Waals surface area contributed by atoms with E-state index in [4.69, 9.17) is 0 Å². The van der Waals surface area contributed by atoms with Gasteiger partial charge >= 0.3 is 171 Å². The van der Waals surface area contributed by atoms with E-state index in [2.05, 4.69) is 6.92 Å². The number of halogens is 5. The molecule has 0 radical (unpaired) electrons. The molecule has 0 saturated carbocycles. The summed E-state index contributed by atoms with van der Waals surface area (Å²) in [7, 11) is 0. The fourth-order valence-electron chi connectivity index (χ4n) is 4.54. The Balaban J connectivity index is 0.00000420. The van der Waals surface area contributed by atoms with Crippen molar-refractivity contribution in [2.45, 2.75) is 97.1 Å². The van der Waals surface area contributed by atoms with Gasteiger partial charge in [0.25, 0.3) is 0 Å². The van der Waals surface area contributed by atoms with Gasteiger partial charge in [-0.2, -0.15) is 0 Å². The average molecular weight is 562 g/mol. The molecule has 0 aromatic rings. The van der Waals surface area contributed by atoms with E-state index < -0.39 is 23.2 Å². The third kappa shape index (κ3) is 6.27. The number of allylic oxidation sites excluding steroid dienone is 8. The summed E-state index contributed by atoms with van der Waals surface area (Å²) < 4.78 is 49.8. The second-order valence-corrected chi connectivity index (χ2v) is 33.7. The minimum absolute atomic E-state index is 0. The average Bonchev–Trinajstić information content (AvgIpc) is 3.35. The molecule has 173 valence electrons. The Morgan fingerprint density at radius 3 is 2.10 bits per heavy atom. The molecular formula is C23H38Cl2F3SiZr. The van der Waals surface area contributed by atoms with Crippen LogP contribution in [0, 0.1) is 0 Å². The van der Waals surface area contributed by atoms with E-state index in [1.807, 2.05) is 13.0 Å². The van der Waals surface area contributed by atoms with Crippen LogP contribution in [-0.2, 0) is 17.7 Å². The summed E-state index contributed by atoms with van der Waals surface area (Å²) in [6.07, 6.45) is 17.8. The van der Waals surface area contributed by atoms with Crippen LogP contribution in [0.15, 0.2) is 42.5 Å². The van der Waals surface area contributed by atoms with Crippen molar-refractivity contribution in [2.24, 2.45) is 0 Å². The molecule has 2 aliphatic rings. The zero-order valence-electron chi connectivity index (χ0n) is 18.8. The van der Waals surface area contributed by atoms with Crippen molar-refractivity contribution < 1.29 is 50.4 Å². The topological polar surface area (TPSA) is 0 Å². The maximum Gasteiger partial charge on any atom is -1.00 e. The van der Waals surface area contributed by atoms with Crippen LogP contribution in [0.1, 0.15) is 84.5 Å². The summed E-state index contributed by atoms with van der Waals surface area (Å²) in [6, 6.07) is 0.365. The molecule has 7 heteroatoms. The monoisotopic (exact) mass is 559 g/mol. The molecule has 0 aromatic carbocycles. The molecule has 0 aliphatic heterocycles. The molecule has 0 saturated heterocycles. The second kappa shape index (κ2) is 12.1. The number of unbranched alkanes of at least 4 members (excludes halogenated alkanes) is 6. The third-order valence-electron chi connectivity index (χ3n) is 6.72. The molecule has 0 atom stereocenters. The van der Waals surface area contributed by atoms with Crippen LogP contribution in [0.5, 0.6) is 0 Å². The van der Waals surface area contributed by atoms with Crippen LogP contribution in [0.25, 0.3) is 0 Å². The third-order valence-corrected chi connectivity index (χ3v) is 37.2. The normalized spacial score (nSPS) is 16.7. The standard InChI is InChI=1S/C13H21.C5H12Si.C5H5.2ClH.3FH.Zr/c1-2-3-4-5-6-7-10-13-11-8-9-12-13;1-3-4-5-6-2;1-2-4-5-3-1;;;;;;/h11-12H,2-8,10H2,1H3;3-5H2,1-2H3;1-3H,4H2;5*1H;/q;;;;;;;;+5/p-5. The van der Waals surface area contributed by atoms with Crippen molar-refractivity contribution in [2.75, 3.05) is 0 Å². The van der Waals surface area contributed by atoms with E-state index in [1.165, 1.54) is 31.8 Å². The van der Waals surface area contributed by atoms with Gasteiger partial charge < -0.3 is 24.8 Å². The fourth-order valence-corrected chi connectivity index (χ4v) is 28.5. The molecular weight excluding hydrogens is 523 g/mol. The fraction of sp³-hybridized carbons (Fsp3) is 0.652. The molecule has 0 spiro atoms. The van der Waals surface area contributed by atoms with E-state index in [0.29, 0.717) is 12.5 Å². The van der Waals surface area contributed by atoms with Crippen LogP contribution >= 0.6 is 0 Å². The maximum atomic E-state index is 16.7. The molecule has 0 amide bonds. The predicted molar refractivity (Wildman–Crippen MR) is 115 cm³/mol. The van der Waals surface area contributed by atoms with Crippen molar-refractivity contribution in [3.8, 4) is 0 Å². The maximum absolute atomic E-state index is 16.7. The van der Waals surface area contributed by atoms with Gasteiger partial charge in [0.05, 0.1) is 0 Å². The summed E-state index contributed by atoms with van der Waals surface area (Å²) in [5.41, 5.74) is -1.48. The minimum Gasteiger partial charge on any atom is -1.00 e. The molecule has 0 nitrogen and oxygen atoms in total. The van der Waals surface area contributed by atoms with Gasteiger partial charge in [-0.1, -0.05) is 0 Å². The molecule has 0 heterocycles. The predicted octanol–water partition coefficient (Wildman–Crippen LogP) is 3.10. The van der Waals surface area contributed by atoms with E-state index in [1.54, 1.807) is 24.8 Å². The summed E-state index contributed by atoms with van der Waals surface area (Å²) in [6.45, 7) is 5.76. The molecule has 0 fully saturated rings. The largest absolute Gasteiger partial charge is 1.00 e. The van der Waals surface area contributed by atoms with E-state index in [9.17, 15) is 0 Å². The molecule has 0 bridgehead atoms. The van der Waals surface area contributed by atoms with Gasteiger partial charge in [-0.25, -0.2) is 0 Å². The molecule has 0 unspecified atom stereocenters. The zero-order chi connectivity index (χ0) is 20.7. The Labute approximate surface area is 194 Å². The number of hydrogen-bond donors (Lipinski definition) is 0. The van der Waals surface area contributed by atoms with Crippen LogP contribution in [0.3, 0.4) is 0 Å². The molecule has 2 aliphatic carbocycles. The molecule has 30 heavy (non-hydrogen) atoms. The van der Waals surface area contributed by atoms with Gasteiger partial charge in [0.15, 0.2) is 0 Å². The number of hydrogen-bond acceptors (Lipinski definition) is 0. The van der Waals surface area contributed by atoms with Gasteiger partial charge in [-0.15, -0.1) is 0 Å². The molecule has 2 rings (SSSR count). The Bertz CT molecular complexity index is 789. The summed E-state index contributed by atoms with van der Waals surface area (Å²) in [4.78, 5) is 0. The van der Waals surface area contributed by atoms with Gasteiger partial charge in [0.2, 0.25) is 0 Å². The smallest absolute Gasteiger partial charge is 1.00 e. The van der Waals surface area contributed by atoms with Crippen LogP contribution in [0.2, 0.25) is 12.6 Å². The Hall–Kier alpha value is 0.430. The number of rotatable bonds is 12. The summed E-state index contributed by atoms with van der Waals surface area (Å²) in [5, 5.41) is 0. The minimum atomic E-state index is -8.13. The molecule has 0 aromatic heterocycles. The van der Waals surface area contributed by atoms with Gasteiger partial charge in [-0.05, 0) is 0 Å². The van der Waals surface area contributed by atoms with Gasteiger partial charge in [-0.3, -0.25) is 0 Å². The van der Waals surface area contributed by atoms with Gasteiger partial charge in [0, 0.05) is 0 Å². The van der Waals surface area contributed by atoms with Gasteiger partial charge in [0.1, 0.15) is 0 Å². The first-order chi connectivity index (χ1) is 13.2. The van der Waals surface area contributed by atoms with Crippen LogP contribution in [0.4, 0.5) is 7.88 Å². The van der Waals surface area contributed by atoms with Crippen molar-refractivity contribution in [1.82, 2.24) is 0 Å². The van der Waals surface area contributed by atoms with Crippen LogP contribution in [-0.4, -0.2) is 5.43 Å². The Morgan fingerprint density at radius 1 is 0.867 bits per heavy atom. The van der Waals surface area contributed by atoms with E-state index in [-0.39, 0.29) is 44.2 Å². The molecule has 0 N–H and O–H groups in total. The van der Waals surface area contributed by atoms with E-state index in [0.717, 1.165) is 31.3 Å². The Morgan fingerprint density at radius 2 is 1.50 bits per heavy atom. The van der Waals surface area contributed by atoms with Crippen molar-refractivity contribution in [1.29, 1.82) is 0 Å². The first kappa shape index (κ1) is 30.4. The Kier molecular flexibility index (Phi) is 12.2.